The van der Waals surface area contributed by atoms with E-state index in [0.717, 1.165) is 72.2 Å². The van der Waals surface area contributed by atoms with Crippen molar-refractivity contribution in [3.8, 4) is 22.8 Å². The Labute approximate surface area is 258 Å². The molecule has 0 aliphatic carbocycles. The third kappa shape index (κ3) is 3.51. The summed E-state index contributed by atoms with van der Waals surface area (Å²) >= 11 is 0. The Hall–Kier alpha value is -6.13. The summed E-state index contributed by atoms with van der Waals surface area (Å²) in [5.74, 6) is 0.931. The van der Waals surface area contributed by atoms with Crippen LogP contribution in [0.5, 0.6) is 0 Å². The van der Waals surface area contributed by atoms with Crippen molar-refractivity contribution >= 4 is 65.6 Å². The molecule has 0 saturated carbocycles. The van der Waals surface area contributed by atoms with Crippen molar-refractivity contribution in [1.82, 2.24) is 14.1 Å². The molecule has 7 aromatic carbocycles. The first-order valence-corrected chi connectivity index (χ1v) is 15.2. The maximum atomic E-state index is 6.58. The van der Waals surface area contributed by atoms with Crippen molar-refractivity contribution in [1.29, 1.82) is 0 Å². The molecule has 0 aliphatic heterocycles. The van der Waals surface area contributed by atoms with E-state index in [-0.39, 0.29) is 0 Å². The zero-order valence-electron chi connectivity index (χ0n) is 24.2. The molecule has 0 fully saturated rings. The number of furan rings is 1. The summed E-state index contributed by atoms with van der Waals surface area (Å²) in [4.78, 5) is 5.04. The van der Waals surface area contributed by atoms with E-state index in [1.807, 2.05) is 18.2 Å². The summed E-state index contributed by atoms with van der Waals surface area (Å²) < 4.78 is 11.2. The fraction of sp³-hybridized carbons (Fsp3) is 0. The summed E-state index contributed by atoms with van der Waals surface area (Å²) in [6.07, 6.45) is 0. The molecule has 4 nitrogen and oxygen atoms in total. The Morgan fingerprint density at radius 3 is 2.00 bits per heavy atom. The van der Waals surface area contributed by atoms with Gasteiger partial charge < -0.3 is 8.98 Å². The van der Waals surface area contributed by atoms with Crippen molar-refractivity contribution in [3.05, 3.63) is 152 Å². The van der Waals surface area contributed by atoms with Crippen molar-refractivity contribution in [2.24, 2.45) is 0 Å². The lowest BCUT2D eigenvalue weighted by Crippen LogP contribution is -1.99. The van der Waals surface area contributed by atoms with E-state index in [4.69, 9.17) is 9.40 Å². The minimum atomic E-state index is 0.910. The van der Waals surface area contributed by atoms with Crippen LogP contribution in [0.3, 0.4) is 0 Å². The molecule has 4 heteroatoms. The molecule has 0 amide bonds. The fourth-order valence-electron chi connectivity index (χ4n) is 7.07. The highest BCUT2D eigenvalue weighted by atomic mass is 16.3. The lowest BCUT2D eigenvalue weighted by molar-refractivity contribution is 0.673. The number of hydrogen-bond acceptors (Lipinski definition) is 2. The smallest absolute Gasteiger partial charge is 0.145 e. The number of aromatic nitrogens is 3. The Morgan fingerprint density at radius 1 is 0.467 bits per heavy atom. The molecule has 0 spiro atoms. The number of benzene rings is 7. The van der Waals surface area contributed by atoms with Crippen LogP contribution >= 0.6 is 0 Å². The van der Waals surface area contributed by atoms with Gasteiger partial charge in [-0.15, -0.1) is 0 Å². The Kier molecular flexibility index (Phi) is 4.96. The first-order valence-electron chi connectivity index (χ1n) is 15.2. The molecular formula is C41H25N3O. The average molecular weight is 576 g/mol. The molecular weight excluding hydrogens is 550 g/mol. The Bertz CT molecular complexity index is 2750. The molecule has 45 heavy (non-hydrogen) atoms. The van der Waals surface area contributed by atoms with Gasteiger partial charge in [-0.3, -0.25) is 4.57 Å². The van der Waals surface area contributed by atoms with Crippen LogP contribution in [-0.4, -0.2) is 14.1 Å². The van der Waals surface area contributed by atoms with E-state index >= 15 is 0 Å². The third-order valence-corrected chi connectivity index (χ3v) is 9.10. The zero-order chi connectivity index (χ0) is 29.5. The van der Waals surface area contributed by atoms with Crippen LogP contribution in [0.15, 0.2) is 156 Å². The van der Waals surface area contributed by atoms with E-state index < -0.39 is 0 Å². The van der Waals surface area contributed by atoms with Gasteiger partial charge in [0.25, 0.3) is 0 Å². The summed E-state index contributed by atoms with van der Waals surface area (Å²) in [7, 11) is 0. The van der Waals surface area contributed by atoms with E-state index in [9.17, 15) is 0 Å². The van der Waals surface area contributed by atoms with Crippen molar-refractivity contribution in [2.45, 2.75) is 0 Å². The first-order chi connectivity index (χ1) is 22.3. The van der Waals surface area contributed by atoms with Crippen LogP contribution in [0.4, 0.5) is 0 Å². The van der Waals surface area contributed by atoms with Gasteiger partial charge in [-0.1, -0.05) is 84.9 Å². The number of nitrogens with zero attached hydrogens (tertiary/aromatic N) is 3. The molecule has 0 atom stereocenters. The summed E-state index contributed by atoms with van der Waals surface area (Å²) in [5.41, 5.74) is 9.42. The molecule has 10 rings (SSSR count). The maximum Gasteiger partial charge on any atom is 0.145 e. The van der Waals surface area contributed by atoms with Gasteiger partial charge in [-0.05, 0) is 77.5 Å². The Morgan fingerprint density at radius 2 is 1.16 bits per heavy atom. The van der Waals surface area contributed by atoms with Crippen LogP contribution in [-0.2, 0) is 0 Å². The van der Waals surface area contributed by atoms with E-state index in [0.29, 0.717) is 0 Å². The molecule has 10 aromatic rings. The second-order valence-corrected chi connectivity index (χ2v) is 11.6. The quantitative estimate of drug-likeness (QED) is 0.210. The van der Waals surface area contributed by atoms with Gasteiger partial charge in [0.2, 0.25) is 0 Å². The van der Waals surface area contributed by atoms with E-state index in [1.54, 1.807) is 0 Å². The van der Waals surface area contributed by atoms with Crippen molar-refractivity contribution < 1.29 is 4.42 Å². The molecule has 3 heterocycles. The number of para-hydroxylation sites is 3. The second-order valence-electron chi connectivity index (χ2n) is 11.6. The molecule has 0 N–H and O–H groups in total. The molecule has 0 aliphatic rings. The van der Waals surface area contributed by atoms with Gasteiger partial charge in [-0.25, -0.2) is 4.98 Å². The number of imidazole rings is 1. The minimum Gasteiger partial charge on any atom is -0.455 e. The van der Waals surface area contributed by atoms with Gasteiger partial charge in [0.15, 0.2) is 0 Å². The average Bonchev–Trinajstić information content (AvgIpc) is 3.77. The second kappa shape index (κ2) is 9.18. The third-order valence-electron chi connectivity index (χ3n) is 9.10. The summed E-state index contributed by atoms with van der Waals surface area (Å²) in [5, 5.41) is 7.03. The number of hydrogen-bond donors (Lipinski definition) is 0. The van der Waals surface area contributed by atoms with Crippen LogP contribution in [0.25, 0.3) is 88.3 Å². The predicted molar refractivity (Wildman–Crippen MR) is 186 cm³/mol. The van der Waals surface area contributed by atoms with Crippen LogP contribution in [0.2, 0.25) is 0 Å². The van der Waals surface area contributed by atoms with Crippen LogP contribution in [0.1, 0.15) is 0 Å². The molecule has 0 radical (unpaired) electrons. The van der Waals surface area contributed by atoms with Gasteiger partial charge in [-0.2, -0.15) is 0 Å². The van der Waals surface area contributed by atoms with Gasteiger partial charge >= 0.3 is 0 Å². The highest BCUT2D eigenvalue weighted by Gasteiger charge is 2.20. The van der Waals surface area contributed by atoms with Crippen molar-refractivity contribution in [3.63, 3.8) is 0 Å². The molecule has 210 valence electrons. The SMILES string of the molecule is c1ccc(-c2nc3ccccc3n2-c2ccc(-n3c4cc5ccccc5cc4c4c5oc6ccccc6c5ccc43)cc2)cc1. The zero-order valence-corrected chi connectivity index (χ0v) is 24.2. The van der Waals surface area contributed by atoms with Crippen LogP contribution in [0, 0.1) is 0 Å². The van der Waals surface area contributed by atoms with Gasteiger partial charge in [0.1, 0.15) is 17.0 Å². The number of fused-ring (bicyclic) bond motifs is 9. The van der Waals surface area contributed by atoms with Gasteiger partial charge in [0, 0.05) is 33.1 Å². The Balaban J connectivity index is 1.24. The standard InChI is InChI=1S/C41H25N3O/c1-2-10-26(11-3-1)41-42-34-15-7-8-16-35(34)44(41)30-20-18-29(19-21-30)43-36-23-22-32-31-14-6-9-17-38(31)45-40(32)39(36)33-24-27-12-4-5-13-28(27)25-37(33)43/h1-25H. The molecule has 0 saturated heterocycles. The molecule has 0 unspecified atom stereocenters. The fourth-order valence-corrected chi connectivity index (χ4v) is 7.07. The first kappa shape index (κ1) is 24.3. The predicted octanol–water partition coefficient (Wildman–Crippen LogP) is 10.8. The molecule has 0 bridgehead atoms. The number of rotatable bonds is 3. The minimum absolute atomic E-state index is 0.910. The maximum absolute atomic E-state index is 6.58. The van der Waals surface area contributed by atoms with Crippen LogP contribution < -0.4 is 0 Å². The van der Waals surface area contributed by atoms with E-state index in [2.05, 4.69) is 143 Å². The monoisotopic (exact) mass is 575 g/mol. The normalized spacial score (nSPS) is 12.0. The van der Waals surface area contributed by atoms with E-state index in [1.165, 1.54) is 16.2 Å². The highest BCUT2D eigenvalue weighted by Crippen LogP contribution is 2.42. The topological polar surface area (TPSA) is 35.9 Å². The summed E-state index contributed by atoms with van der Waals surface area (Å²) in [6, 6.07) is 53.5. The van der Waals surface area contributed by atoms with Crippen molar-refractivity contribution in [2.75, 3.05) is 0 Å². The largest absolute Gasteiger partial charge is 0.455 e. The molecule has 3 aromatic heterocycles. The lowest BCUT2D eigenvalue weighted by Gasteiger charge is -2.13. The van der Waals surface area contributed by atoms with Gasteiger partial charge in [0.05, 0.1) is 27.5 Å². The summed E-state index contributed by atoms with van der Waals surface area (Å²) in [6.45, 7) is 0. The lowest BCUT2D eigenvalue weighted by atomic mass is 10.0. The highest BCUT2D eigenvalue weighted by molar-refractivity contribution is 6.25.